The first-order valence-corrected chi connectivity index (χ1v) is 6.06. The molecule has 1 atom stereocenters. The van der Waals surface area contributed by atoms with Crippen LogP contribution >= 0.6 is 0 Å². The first-order valence-electron chi connectivity index (χ1n) is 6.06. The Kier molecular flexibility index (Phi) is 3.93. The van der Waals surface area contributed by atoms with Crippen LogP contribution in [0.2, 0.25) is 0 Å². The normalized spacial score (nSPS) is 17.9. The van der Waals surface area contributed by atoms with Gasteiger partial charge in [0.2, 0.25) is 6.10 Å². The van der Waals surface area contributed by atoms with Gasteiger partial charge in [-0.2, -0.15) is 13.2 Å². The maximum absolute atomic E-state index is 13.1. The maximum Gasteiger partial charge on any atom is 0.429 e. The predicted molar refractivity (Wildman–Crippen MR) is 69.9 cm³/mol. The molecule has 0 saturated carbocycles. The second-order valence-electron chi connectivity index (χ2n) is 4.63. The second kappa shape index (κ2) is 5.38. The molecule has 1 aliphatic rings. The minimum absolute atomic E-state index is 0.105. The van der Waals surface area contributed by atoms with E-state index in [1.165, 1.54) is 0 Å². The van der Waals surface area contributed by atoms with Crippen LogP contribution in [0.5, 0.6) is 5.75 Å². The highest BCUT2D eigenvalue weighted by molar-refractivity contribution is 6.00. The molecule has 0 fully saturated rings. The molecule has 0 spiro atoms. The van der Waals surface area contributed by atoms with Crippen LogP contribution in [0.4, 0.5) is 13.2 Å². The van der Waals surface area contributed by atoms with Gasteiger partial charge in [0, 0.05) is 5.56 Å². The number of aryl methyl sites for hydroxylation is 1. The molecule has 5 N–H and O–H groups in total. The zero-order chi connectivity index (χ0) is 15.8. The molecule has 114 valence electrons. The molecule has 1 amide bonds. The number of amides is 1. The third-order valence-corrected chi connectivity index (χ3v) is 2.93. The van der Waals surface area contributed by atoms with Crippen molar-refractivity contribution < 1.29 is 22.7 Å². The second-order valence-corrected chi connectivity index (χ2v) is 4.63. The van der Waals surface area contributed by atoms with Crippen molar-refractivity contribution in [3.63, 3.8) is 0 Å². The number of benzene rings is 1. The van der Waals surface area contributed by atoms with Gasteiger partial charge in [0.15, 0.2) is 0 Å². The van der Waals surface area contributed by atoms with Crippen molar-refractivity contribution in [1.29, 1.82) is 0 Å². The largest absolute Gasteiger partial charge is 0.475 e. The Hall–Kier alpha value is -2.06. The van der Waals surface area contributed by atoms with E-state index in [4.69, 9.17) is 16.2 Å². The number of para-hydroxylation sites is 1. The zero-order valence-corrected chi connectivity index (χ0v) is 11.1. The molecule has 1 aromatic carbocycles. The molecule has 8 heteroatoms. The van der Waals surface area contributed by atoms with E-state index in [1.54, 1.807) is 25.1 Å². The lowest BCUT2D eigenvalue weighted by Gasteiger charge is -2.29. The van der Waals surface area contributed by atoms with E-state index >= 15 is 0 Å². The number of rotatable bonds is 2. The van der Waals surface area contributed by atoms with Crippen LogP contribution in [0, 0.1) is 6.92 Å². The summed E-state index contributed by atoms with van der Waals surface area (Å²) in [5.41, 5.74) is 10.7. The van der Waals surface area contributed by atoms with Gasteiger partial charge in [-0.25, -0.2) is 0 Å². The molecule has 5 nitrogen and oxygen atoms in total. The van der Waals surface area contributed by atoms with Crippen LogP contribution in [0.3, 0.4) is 0 Å². The van der Waals surface area contributed by atoms with Gasteiger partial charge in [0.05, 0.1) is 5.57 Å². The van der Waals surface area contributed by atoms with Crippen molar-refractivity contribution in [3.05, 3.63) is 34.9 Å². The van der Waals surface area contributed by atoms with Gasteiger partial charge in [0.25, 0.3) is 5.91 Å². The van der Waals surface area contributed by atoms with Gasteiger partial charge < -0.3 is 10.1 Å². The van der Waals surface area contributed by atoms with E-state index < -0.39 is 30.1 Å². The number of nitrogens with one attached hydrogen (secondary N) is 1. The number of hydrogen-bond acceptors (Lipinski definition) is 4. The summed E-state index contributed by atoms with van der Waals surface area (Å²) in [5, 5.41) is 2.03. The summed E-state index contributed by atoms with van der Waals surface area (Å²) in [4.78, 5) is 11.8. The summed E-state index contributed by atoms with van der Waals surface area (Å²) in [5.74, 6) is -0.909. The van der Waals surface area contributed by atoms with Gasteiger partial charge >= 0.3 is 6.18 Å². The molecule has 1 aliphatic heterocycles. The summed E-state index contributed by atoms with van der Waals surface area (Å²) in [6.07, 6.45) is -7.21. The minimum Gasteiger partial charge on any atom is -0.475 e. The van der Waals surface area contributed by atoms with Gasteiger partial charge in [0.1, 0.15) is 12.0 Å². The Labute approximate surface area is 118 Å². The van der Waals surface area contributed by atoms with Crippen LogP contribution in [0.1, 0.15) is 11.1 Å². The summed E-state index contributed by atoms with van der Waals surface area (Å²) in [6, 6.07) is 4.84. The van der Waals surface area contributed by atoms with E-state index in [9.17, 15) is 18.0 Å². The van der Waals surface area contributed by atoms with Crippen molar-refractivity contribution in [3.8, 4) is 5.75 Å². The van der Waals surface area contributed by atoms with Crippen molar-refractivity contribution >= 4 is 12.0 Å². The fraction of sp³-hybridized carbons (Fsp3) is 0.308. The molecule has 21 heavy (non-hydrogen) atoms. The molecule has 0 radical (unpaired) electrons. The van der Waals surface area contributed by atoms with Crippen molar-refractivity contribution in [1.82, 2.24) is 5.32 Å². The summed E-state index contributed by atoms with van der Waals surface area (Å²) >= 11 is 0. The monoisotopic (exact) mass is 301 g/mol. The van der Waals surface area contributed by atoms with Gasteiger partial charge in [-0.05, 0) is 18.6 Å². The van der Waals surface area contributed by atoms with Crippen molar-refractivity contribution in [2.24, 2.45) is 11.5 Å². The highest BCUT2D eigenvalue weighted by Crippen LogP contribution is 2.38. The molecule has 0 bridgehead atoms. The maximum atomic E-state index is 13.1. The summed E-state index contributed by atoms with van der Waals surface area (Å²) in [6.45, 7) is 1.63. The van der Waals surface area contributed by atoms with Crippen molar-refractivity contribution in [2.45, 2.75) is 25.5 Å². The molecule has 0 aliphatic carbocycles. The van der Waals surface area contributed by atoms with Gasteiger partial charge in [-0.1, -0.05) is 18.2 Å². The Morgan fingerprint density at radius 2 is 2.05 bits per heavy atom. The fourth-order valence-electron chi connectivity index (χ4n) is 2.04. The highest BCUT2D eigenvalue weighted by atomic mass is 19.4. The summed E-state index contributed by atoms with van der Waals surface area (Å²) < 4.78 is 44.3. The van der Waals surface area contributed by atoms with Crippen LogP contribution in [-0.2, 0) is 4.79 Å². The predicted octanol–water partition coefficient (Wildman–Crippen LogP) is 1.02. The molecule has 0 unspecified atom stereocenters. The number of fused-ring (bicyclic) bond motifs is 1. The lowest BCUT2D eigenvalue weighted by molar-refractivity contribution is -0.185. The Bertz CT molecular complexity index is 597. The van der Waals surface area contributed by atoms with Gasteiger partial charge in [-0.15, -0.1) is 0 Å². The van der Waals surface area contributed by atoms with Crippen LogP contribution < -0.4 is 21.5 Å². The summed E-state index contributed by atoms with van der Waals surface area (Å²) in [7, 11) is 0. The smallest absolute Gasteiger partial charge is 0.429 e. The average Bonchev–Trinajstić information content (AvgIpc) is 2.36. The van der Waals surface area contributed by atoms with Crippen LogP contribution in [0.15, 0.2) is 23.8 Å². The van der Waals surface area contributed by atoms with Crippen LogP contribution in [-0.4, -0.2) is 24.5 Å². The Morgan fingerprint density at radius 3 is 2.62 bits per heavy atom. The zero-order valence-electron chi connectivity index (χ0n) is 11.1. The highest BCUT2D eigenvalue weighted by Gasteiger charge is 2.48. The lowest BCUT2D eigenvalue weighted by Crippen LogP contribution is -2.52. The van der Waals surface area contributed by atoms with Gasteiger partial charge in [-0.3, -0.25) is 16.3 Å². The first-order chi connectivity index (χ1) is 9.70. The topological polar surface area (TPSA) is 90.4 Å². The third-order valence-electron chi connectivity index (χ3n) is 2.93. The molecule has 1 aromatic rings. The van der Waals surface area contributed by atoms with Crippen molar-refractivity contribution in [2.75, 3.05) is 0 Å². The number of halogens is 3. The van der Waals surface area contributed by atoms with E-state index in [0.717, 1.165) is 6.08 Å². The number of carbonyl (C=O) groups excluding carboxylic acids is 1. The fourth-order valence-corrected chi connectivity index (χ4v) is 2.04. The Morgan fingerprint density at radius 1 is 1.38 bits per heavy atom. The number of nitrogens with two attached hydrogens (primary N) is 2. The molecular weight excluding hydrogens is 287 g/mol. The average molecular weight is 301 g/mol. The quantitative estimate of drug-likeness (QED) is 0.711. The third kappa shape index (κ3) is 3.17. The molecule has 0 saturated heterocycles. The lowest BCUT2D eigenvalue weighted by atomic mass is 9.98. The Balaban J connectivity index is 2.48. The van der Waals surface area contributed by atoms with E-state index in [1.807, 2.05) is 5.32 Å². The first kappa shape index (κ1) is 15.3. The molecular formula is C13H14F3N3O2. The number of alkyl halides is 3. The van der Waals surface area contributed by atoms with Crippen LogP contribution in [0.25, 0.3) is 6.08 Å². The molecule has 1 heterocycles. The minimum atomic E-state index is -4.73. The van der Waals surface area contributed by atoms with E-state index in [0.29, 0.717) is 11.1 Å². The standard InChI is InChI=1S/C13H14F3N3O2/c1-6-3-2-4-7-5-8(11(20)19-12(17)18)10(13(14,15)16)21-9(6)7/h2-5,10,12H,17-18H2,1H3,(H,19,20)/t10-/m0/s1. The molecule has 2 rings (SSSR count). The van der Waals surface area contributed by atoms with E-state index in [-0.39, 0.29) is 5.75 Å². The molecule has 0 aromatic heterocycles. The SMILES string of the molecule is Cc1cccc2c1O[C@H](C(F)(F)F)C(C(=O)NC(N)N)=C2. The number of carbonyl (C=O) groups is 1. The number of hydrogen-bond donors (Lipinski definition) is 3. The van der Waals surface area contributed by atoms with E-state index in [2.05, 4.69) is 0 Å². The number of ether oxygens (including phenoxy) is 1.